The van der Waals surface area contributed by atoms with E-state index in [2.05, 4.69) is 0 Å². The van der Waals surface area contributed by atoms with Gasteiger partial charge in [0.05, 0.1) is 0 Å². The zero-order valence-electron chi connectivity index (χ0n) is 17.8. The van der Waals surface area contributed by atoms with Crippen LogP contribution in [0.2, 0.25) is 0 Å². The van der Waals surface area contributed by atoms with E-state index in [0.29, 0.717) is 0 Å². The summed E-state index contributed by atoms with van der Waals surface area (Å²) in [5.41, 5.74) is 0. The van der Waals surface area contributed by atoms with Gasteiger partial charge in [0.25, 0.3) is 0 Å². The Morgan fingerprint density at radius 2 is 1.47 bits per heavy atom. The van der Waals surface area contributed by atoms with Crippen molar-refractivity contribution in [3.05, 3.63) is 24.3 Å². The summed E-state index contributed by atoms with van der Waals surface area (Å²) in [6, 6.07) is 5.49. The van der Waals surface area contributed by atoms with Gasteiger partial charge in [-0.15, -0.1) is 0 Å². The van der Waals surface area contributed by atoms with Crippen molar-refractivity contribution in [1.82, 2.24) is 0 Å². The molecule has 0 spiro atoms. The number of phenols is 1. The highest BCUT2D eigenvalue weighted by atomic mass is 16.9. The smallest absolute Gasteiger partial charge is 0.368 e. The van der Waals surface area contributed by atoms with Crippen molar-refractivity contribution in [1.29, 1.82) is 0 Å². The minimum atomic E-state index is -2.86. The molecule has 1 unspecified atom stereocenters. The Morgan fingerprint density at radius 1 is 0.906 bits per heavy atom. The van der Waals surface area contributed by atoms with Gasteiger partial charge in [0.15, 0.2) is 23.7 Å². The van der Waals surface area contributed by atoms with Crippen LogP contribution in [-0.4, -0.2) is 71.1 Å². The summed E-state index contributed by atoms with van der Waals surface area (Å²) < 4.78 is 31.4. The predicted molar refractivity (Wildman–Crippen MR) is 102 cm³/mol. The Bertz CT molecular complexity index is 868. The molecule has 1 aromatic rings. The summed E-state index contributed by atoms with van der Waals surface area (Å²) in [6.45, 7) is 3.67. The van der Waals surface area contributed by atoms with Crippen LogP contribution >= 0.6 is 0 Å². The molecule has 5 atom stereocenters. The third-order valence-corrected chi connectivity index (χ3v) is 4.14. The first-order valence-corrected chi connectivity index (χ1v) is 9.45. The highest BCUT2D eigenvalue weighted by Gasteiger charge is 2.62. The normalized spacial score (nSPS) is 27.0. The molecular formula is C20H24O12. The number of carbonyl (C=O) groups excluding carboxylic acids is 4. The van der Waals surface area contributed by atoms with Gasteiger partial charge < -0.3 is 38.6 Å². The van der Waals surface area contributed by atoms with Crippen LogP contribution in [0.1, 0.15) is 27.7 Å². The second-order valence-corrected chi connectivity index (χ2v) is 6.84. The average Bonchev–Trinajstić information content (AvgIpc) is 2.66. The molecule has 0 saturated carbocycles. The van der Waals surface area contributed by atoms with E-state index in [9.17, 15) is 29.4 Å². The van der Waals surface area contributed by atoms with Gasteiger partial charge in [0.1, 0.15) is 12.7 Å². The summed E-state index contributed by atoms with van der Waals surface area (Å²) >= 11 is 0. The molecule has 12 heteroatoms. The Hall–Kier alpha value is -3.38. The first-order chi connectivity index (χ1) is 14.9. The van der Waals surface area contributed by atoms with Crippen LogP contribution in [0.25, 0.3) is 0 Å². The second-order valence-electron chi connectivity index (χ2n) is 6.84. The van der Waals surface area contributed by atoms with Crippen molar-refractivity contribution < 1.29 is 57.8 Å². The molecule has 1 aromatic carbocycles. The van der Waals surface area contributed by atoms with E-state index in [-0.39, 0.29) is 5.75 Å². The number of esters is 4. The first-order valence-electron chi connectivity index (χ1n) is 9.45. The van der Waals surface area contributed by atoms with Crippen molar-refractivity contribution in [2.24, 2.45) is 0 Å². The predicted octanol–water partition coefficient (Wildman–Crippen LogP) is 0.174. The molecule has 12 nitrogen and oxygen atoms in total. The standard InChI is InChI=1S/C20H24O12/c1-10(21)27-9-16-17(28-11(2)22)18(29-12(3)23)19(30-13(4)24)20(26,32-16)31-15-8-6-5-7-14(15)25/h5-8,16-19,25-26H,9H2,1-4H3/t16-,17+,18+,19-,20?/m1/s1. The van der Waals surface area contributed by atoms with Gasteiger partial charge in [0.2, 0.25) is 6.10 Å². The summed E-state index contributed by atoms with van der Waals surface area (Å²) in [5, 5.41) is 21.2. The van der Waals surface area contributed by atoms with Crippen LogP contribution in [0.15, 0.2) is 24.3 Å². The van der Waals surface area contributed by atoms with Crippen LogP contribution < -0.4 is 4.74 Å². The number of hydrogen-bond acceptors (Lipinski definition) is 12. The van der Waals surface area contributed by atoms with Crippen LogP contribution in [-0.2, 0) is 42.9 Å². The summed E-state index contributed by atoms with van der Waals surface area (Å²) in [7, 11) is 0. The van der Waals surface area contributed by atoms with Gasteiger partial charge in [-0.25, -0.2) is 0 Å². The third kappa shape index (κ3) is 6.31. The van der Waals surface area contributed by atoms with Crippen molar-refractivity contribution in [3.63, 3.8) is 0 Å². The van der Waals surface area contributed by atoms with Crippen molar-refractivity contribution in [2.75, 3.05) is 6.61 Å². The van der Waals surface area contributed by atoms with Gasteiger partial charge in [-0.05, 0) is 12.1 Å². The zero-order chi connectivity index (χ0) is 24.1. The zero-order valence-corrected chi connectivity index (χ0v) is 17.8. The van der Waals surface area contributed by atoms with Crippen LogP contribution in [0.5, 0.6) is 11.5 Å². The summed E-state index contributed by atoms with van der Waals surface area (Å²) in [6.07, 6.45) is -6.39. The van der Waals surface area contributed by atoms with Gasteiger partial charge in [-0.3, -0.25) is 19.2 Å². The van der Waals surface area contributed by atoms with E-state index >= 15 is 0 Å². The highest BCUT2D eigenvalue weighted by molar-refractivity contribution is 5.68. The van der Waals surface area contributed by atoms with Crippen molar-refractivity contribution in [3.8, 4) is 11.5 Å². The molecule has 0 aliphatic carbocycles. The fourth-order valence-corrected chi connectivity index (χ4v) is 3.03. The Balaban J connectivity index is 2.56. The summed E-state index contributed by atoms with van der Waals surface area (Å²) in [5.74, 6) is -6.85. The largest absolute Gasteiger partial charge is 0.504 e. The van der Waals surface area contributed by atoms with E-state index in [1.165, 1.54) is 24.3 Å². The number of aromatic hydroxyl groups is 1. The van der Waals surface area contributed by atoms with Gasteiger partial charge in [-0.1, -0.05) is 12.1 Å². The highest BCUT2D eigenvalue weighted by Crippen LogP contribution is 2.38. The SMILES string of the molecule is CC(=O)OC[C@H]1OC(O)(Oc2ccccc2O)[C@H](OC(C)=O)[C@@H](OC(C)=O)[C@H]1OC(C)=O. The molecule has 0 bridgehead atoms. The molecule has 1 heterocycles. The number of carbonyl (C=O) groups is 4. The third-order valence-electron chi connectivity index (χ3n) is 4.14. The Kier molecular flexibility index (Phi) is 8.00. The quantitative estimate of drug-likeness (QED) is 0.325. The lowest BCUT2D eigenvalue weighted by molar-refractivity contribution is -0.421. The number of aliphatic hydroxyl groups is 1. The van der Waals surface area contributed by atoms with Crippen LogP contribution in [0.4, 0.5) is 0 Å². The number of rotatable bonds is 7. The fourth-order valence-electron chi connectivity index (χ4n) is 3.03. The lowest BCUT2D eigenvalue weighted by Crippen LogP contribution is -2.70. The molecule has 0 radical (unpaired) electrons. The number of ether oxygens (including phenoxy) is 6. The maximum absolute atomic E-state index is 11.8. The maximum Gasteiger partial charge on any atom is 0.368 e. The van der Waals surface area contributed by atoms with Crippen LogP contribution in [0.3, 0.4) is 0 Å². The van der Waals surface area contributed by atoms with Crippen molar-refractivity contribution >= 4 is 23.9 Å². The lowest BCUT2D eigenvalue weighted by atomic mass is 9.96. The molecule has 1 fully saturated rings. The number of hydrogen-bond donors (Lipinski definition) is 2. The fraction of sp³-hybridized carbons (Fsp3) is 0.500. The number of benzene rings is 1. The Morgan fingerprint density at radius 3 is 2.00 bits per heavy atom. The molecule has 2 N–H and O–H groups in total. The molecule has 176 valence electrons. The minimum absolute atomic E-state index is 0.272. The Labute approximate surface area is 182 Å². The molecule has 1 saturated heterocycles. The van der Waals surface area contributed by atoms with E-state index in [0.717, 1.165) is 27.7 Å². The average molecular weight is 456 g/mol. The van der Waals surface area contributed by atoms with Gasteiger partial charge >= 0.3 is 29.9 Å². The van der Waals surface area contributed by atoms with Crippen LogP contribution in [0, 0.1) is 0 Å². The first kappa shape index (κ1) is 24.9. The molecule has 1 aliphatic heterocycles. The van der Waals surface area contributed by atoms with E-state index < -0.39 is 66.6 Å². The molecule has 0 aromatic heterocycles. The molecule has 2 rings (SSSR count). The minimum Gasteiger partial charge on any atom is -0.504 e. The molecular weight excluding hydrogens is 432 g/mol. The molecule has 32 heavy (non-hydrogen) atoms. The molecule has 0 amide bonds. The van der Waals surface area contributed by atoms with Gasteiger partial charge in [0, 0.05) is 27.7 Å². The van der Waals surface area contributed by atoms with E-state index in [4.69, 9.17) is 28.4 Å². The lowest BCUT2D eigenvalue weighted by Gasteiger charge is -2.47. The number of phenolic OH excluding ortho intramolecular Hbond substituents is 1. The summed E-state index contributed by atoms with van der Waals surface area (Å²) in [4.78, 5) is 46.6. The maximum atomic E-state index is 11.8. The van der Waals surface area contributed by atoms with Crippen molar-refractivity contribution in [2.45, 2.75) is 58.1 Å². The second kappa shape index (κ2) is 10.3. The molecule has 1 aliphatic rings. The van der Waals surface area contributed by atoms with Gasteiger partial charge in [-0.2, -0.15) is 0 Å². The monoisotopic (exact) mass is 456 g/mol. The van der Waals surface area contributed by atoms with E-state index in [1.807, 2.05) is 0 Å². The van der Waals surface area contributed by atoms with E-state index in [1.54, 1.807) is 0 Å². The topological polar surface area (TPSA) is 164 Å². The number of para-hydroxylation sites is 2.